The van der Waals surface area contributed by atoms with Crippen molar-refractivity contribution in [1.29, 1.82) is 0 Å². The molecular formula is C18H42InN3-2. The first-order valence-electron chi connectivity index (χ1n) is 9.91. The van der Waals surface area contributed by atoms with E-state index in [1.807, 2.05) is 0 Å². The standard InChI is InChI=1S/3C6H14N.In/c3*1-3-5-7-6-4-2;/h3*3-6H2,1-2H3;/q3*-1;+1. The molecule has 4 heteroatoms. The fourth-order valence-corrected chi connectivity index (χ4v) is 15.8. The fraction of sp³-hybridized carbons (Fsp3) is 1.00. The normalized spacial score (nSPS) is 12.3. The zero-order chi connectivity index (χ0) is 16.8. The summed E-state index contributed by atoms with van der Waals surface area (Å²) in [6, 6.07) is 0. The Kier molecular flexibility index (Phi) is 15.8. The van der Waals surface area contributed by atoms with Crippen molar-refractivity contribution in [3.8, 4) is 0 Å². The van der Waals surface area contributed by atoms with Crippen molar-refractivity contribution in [1.82, 2.24) is 8.66 Å². The third-order valence-electron chi connectivity index (χ3n) is 4.04. The molecule has 0 amide bonds. The molecule has 0 aromatic rings. The van der Waals surface area contributed by atoms with Gasteiger partial charge in [-0.3, -0.25) is 0 Å². The van der Waals surface area contributed by atoms with Crippen molar-refractivity contribution in [3.05, 3.63) is 0 Å². The van der Waals surface area contributed by atoms with Crippen molar-refractivity contribution in [2.75, 3.05) is 39.3 Å². The van der Waals surface area contributed by atoms with Crippen molar-refractivity contribution >= 4 is 22.3 Å². The van der Waals surface area contributed by atoms with Gasteiger partial charge >= 0.3 is 150 Å². The van der Waals surface area contributed by atoms with Crippen LogP contribution in [-0.4, -0.2) is 70.2 Å². The van der Waals surface area contributed by atoms with Crippen molar-refractivity contribution < 1.29 is 0 Å². The Bertz CT molecular complexity index is 182. The van der Waals surface area contributed by atoms with Crippen molar-refractivity contribution in [3.63, 3.8) is 0 Å². The second-order valence-electron chi connectivity index (χ2n) is 6.45. The quantitative estimate of drug-likeness (QED) is 0.394. The van der Waals surface area contributed by atoms with Crippen LogP contribution in [0.3, 0.4) is 0 Å². The van der Waals surface area contributed by atoms with E-state index in [-0.39, 0.29) is 0 Å². The van der Waals surface area contributed by atoms with Crippen molar-refractivity contribution in [2.45, 2.75) is 80.1 Å². The summed E-state index contributed by atoms with van der Waals surface area (Å²) < 4.78 is 8.83. The van der Waals surface area contributed by atoms with Gasteiger partial charge in [0.05, 0.1) is 0 Å². The predicted molar refractivity (Wildman–Crippen MR) is 102 cm³/mol. The SMILES string of the molecule is CCC[N](CCC)[In-2]([N](CCC)CCC)[N](CCC)CCC. The average Bonchev–Trinajstić information content (AvgIpc) is 2.49. The summed E-state index contributed by atoms with van der Waals surface area (Å²) in [5.74, 6) is 0. The first kappa shape index (κ1) is 22.8. The third kappa shape index (κ3) is 8.56. The summed E-state index contributed by atoms with van der Waals surface area (Å²) in [5.41, 5.74) is 0. The van der Waals surface area contributed by atoms with Crippen LogP contribution in [0, 0.1) is 0 Å². The second kappa shape index (κ2) is 15.3. The predicted octanol–water partition coefficient (Wildman–Crippen LogP) is 4.34. The molecule has 0 saturated heterocycles. The van der Waals surface area contributed by atoms with E-state index in [0.29, 0.717) is 0 Å². The molecule has 0 atom stereocenters. The molecule has 0 aliphatic carbocycles. The molecule has 3 nitrogen and oxygen atoms in total. The summed E-state index contributed by atoms with van der Waals surface area (Å²) in [6.45, 7) is 21.9. The Morgan fingerprint density at radius 1 is 0.409 bits per heavy atom. The Morgan fingerprint density at radius 3 is 0.727 bits per heavy atom. The van der Waals surface area contributed by atoms with Gasteiger partial charge in [-0.1, -0.05) is 0 Å². The van der Waals surface area contributed by atoms with E-state index >= 15 is 0 Å². The summed E-state index contributed by atoms with van der Waals surface area (Å²) >= 11 is -2.05. The van der Waals surface area contributed by atoms with Crippen LogP contribution in [0.4, 0.5) is 0 Å². The zero-order valence-electron chi connectivity index (χ0n) is 16.4. The van der Waals surface area contributed by atoms with E-state index < -0.39 is 22.3 Å². The van der Waals surface area contributed by atoms with Crippen LogP contribution in [0.5, 0.6) is 0 Å². The molecule has 0 aromatic carbocycles. The Morgan fingerprint density at radius 2 is 0.591 bits per heavy atom. The Balaban J connectivity index is 5.34. The molecule has 0 fully saturated rings. The average molecular weight is 415 g/mol. The van der Waals surface area contributed by atoms with Gasteiger partial charge in [0.15, 0.2) is 0 Å². The molecular weight excluding hydrogens is 373 g/mol. The van der Waals surface area contributed by atoms with Gasteiger partial charge in [-0.05, 0) is 0 Å². The van der Waals surface area contributed by atoms with Gasteiger partial charge in [0, 0.05) is 0 Å². The monoisotopic (exact) mass is 415 g/mol. The van der Waals surface area contributed by atoms with Crippen LogP contribution in [0.2, 0.25) is 0 Å². The minimum absolute atomic E-state index is 1.30. The first-order chi connectivity index (χ1) is 10.7. The second-order valence-corrected chi connectivity index (χ2v) is 14.7. The van der Waals surface area contributed by atoms with E-state index in [9.17, 15) is 0 Å². The van der Waals surface area contributed by atoms with Gasteiger partial charge in [-0.15, -0.1) is 0 Å². The van der Waals surface area contributed by atoms with Crippen LogP contribution in [0.25, 0.3) is 0 Å². The molecule has 0 aliphatic rings. The molecule has 0 radical (unpaired) electrons. The molecule has 0 saturated carbocycles. The van der Waals surface area contributed by atoms with E-state index in [2.05, 4.69) is 50.2 Å². The van der Waals surface area contributed by atoms with Crippen molar-refractivity contribution in [2.24, 2.45) is 0 Å². The molecule has 0 unspecified atom stereocenters. The third-order valence-corrected chi connectivity index (χ3v) is 14.1. The Labute approximate surface area is 150 Å². The minimum atomic E-state index is -2.05. The van der Waals surface area contributed by atoms with Crippen LogP contribution in [0.15, 0.2) is 0 Å². The van der Waals surface area contributed by atoms with E-state index in [0.717, 1.165) is 0 Å². The Hall–Kier alpha value is 0.750. The molecule has 0 heterocycles. The van der Waals surface area contributed by atoms with E-state index in [1.54, 1.807) is 0 Å². The van der Waals surface area contributed by atoms with Crippen LogP contribution in [0.1, 0.15) is 80.1 Å². The molecule has 0 bridgehead atoms. The zero-order valence-corrected chi connectivity index (χ0v) is 19.7. The molecule has 134 valence electrons. The van der Waals surface area contributed by atoms with E-state index in [4.69, 9.17) is 0 Å². The van der Waals surface area contributed by atoms with Crippen LogP contribution in [-0.2, 0) is 0 Å². The van der Waals surface area contributed by atoms with Gasteiger partial charge in [0.2, 0.25) is 0 Å². The maximum atomic E-state index is 2.94. The fourth-order valence-electron chi connectivity index (χ4n) is 3.44. The van der Waals surface area contributed by atoms with Gasteiger partial charge in [0.25, 0.3) is 0 Å². The van der Waals surface area contributed by atoms with Gasteiger partial charge in [0.1, 0.15) is 0 Å². The molecule has 22 heavy (non-hydrogen) atoms. The first-order valence-corrected chi connectivity index (χ1v) is 14.3. The van der Waals surface area contributed by atoms with Gasteiger partial charge in [-0.2, -0.15) is 0 Å². The number of hydrogen-bond acceptors (Lipinski definition) is 3. The van der Waals surface area contributed by atoms with Crippen LogP contribution >= 0.6 is 0 Å². The topological polar surface area (TPSA) is 9.72 Å². The van der Waals surface area contributed by atoms with E-state index in [1.165, 1.54) is 77.8 Å². The summed E-state index contributed by atoms with van der Waals surface area (Å²) in [7, 11) is 0. The number of rotatable bonds is 15. The number of nitrogens with zero attached hydrogens (tertiary/aromatic N) is 3. The molecule has 0 aromatic heterocycles. The number of hydrogen-bond donors (Lipinski definition) is 0. The molecule has 0 aliphatic heterocycles. The summed E-state index contributed by atoms with van der Waals surface area (Å²) in [5, 5.41) is 0. The molecule has 0 N–H and O–H groups in total. The summed E-state index contributed by atoms with van der Waals surface area (Å²) in [4.78, 5) is 0. The van der Waals surface area contributed by atoms with Gasteiger partial charge in [-0.25, -0.2) is 0 Å². The maximum absolute atomic E-state index is 2.94. The molecule has 0 rings (SSSR count). The van der Waals surface area contributed by atoms with Crippen LogP contribution < -0.4 is 0 Å². The summed E-state index contributed by atoms with van der Waals surface area (Å²) in [6.07, 6.45) is 7.78. The molecule has 0 spiro atoms. The van der Waals surface area contributed by atoms with Gasteiger partial charge < -0.3 is 0 Å².